The van der Waals surface area contributed by atoms with E-state index in [1.54, 1.807) is 6.07 Å². The van der Waals surface area contributed by atoms with Gasteiger partial charge < -0.3 is 19.9 Å². The number of hydrogen-bond donors (Lipinski definition) is 1. The van der Waals surface area contributed by atoms with Crippen molar-refractivity contribution in [1.82, 2.24) is 15.1 Å². The lowest BCUT2D eigenvalue weighted by atomic mass is 10.2. The number of hydrogen-bond acceptors (Lipinski definition) is 4. The van der Waals surface area contributed by atoms with Gasteiger partial charge in [-0.2, -0.15) is 0 Å². The molecule has 1 aliphatic heterocycles. The predicted molar refractivity (Wildman–Crippen MR) is 112 cm³/mol. The molecule has 0 atom stereocenters. The third-order valence-electron chi connectivity index (χ3n) is 4.69. The van der Waals surface area contributed by atoms with Crippen molar-refractivity contribution in [3.63, 3.8) is 0 Å². The molecule has 1 heterocycles. The Morgan fingerprint density at radius 1 is 1.11 bits per heavy atom. The van der Waals surface area contributed by atoms with Crippen LogP contribution >= 0.6 is 15.9 Å². The van der Waals surface area contributed by atoms with Crippen molar-refractivity contribution in [3.8, 4) is 11.5 Å². The van der Waals surface area contributed by atoms with Crippen LogP contribution in [0.5, 0.6) is 11.5 Å². The summed E-state index contributed by atoms with van der Waals surface area (Å²) in [5.74, 6) is 1.16. The van der Waals surface area contributed by atoms with E-state index in [1.807, 2.05) is 42.5 Å². The minimum Gasteiger partial charge on any atom is -0.456 e. The number of nitrogens with one attached hydrogen (secondary N) is 1. The van der Waals surface area contributed by atoms with Crippen LogP contribution < -0.4 is 10.1 Å². The Morgan fingerprint density at radius 3 is 2.67 bits per heavy atom. The Hall–Kier alpha value is -1.89. The highest BCUT2D eigenvalue weighted by atomic mass is 79.9. The maximum Gasteiger partial charge on any atom is 0.255 e. The number of benzene rings is 2. The largest absolute Gasteiger partial charge is 0.456 e. The van der Waals surface area contributed by atoms with Gasteiger partial charge in [0.25, 0.3) is 5.91 Å². The van der Waals surface area contributed by atoms with Gasteiger partial charge in [-0.05, 0) is 50.3 Å². The number of para-hydroxylation sites is 1. The van der Waals surface area contributed by atoms with Gasteiger partial charge in [0, 0.05) is 37.2 Å². The summed E-state index contributed by atoms with van der Waals surface area (Å²) in [6.45, 7) is 6.13. The maximum atomic E-state index is 12.6. The number of likely N-dealkylation sites (N-methyl/N-ethyl adjacent to an activating group) is 1. The van der Waals surface area contributed by atoms with Crippen molar-refractivity contribution in [2.45, 2.75) is 6.42 Å². The Bertz CT molecular complexity index is 761. The van der Waals surface area contributed by atoms with Crippen LogP contribution in [0.2, 0.25) is 0 Å². The van der Waals surface area contributed by atoms with Crippen molar-refractivity contribution in [2.24, 2.45) is 0 Å². The monoisotopic (exact) mass is 431 g/mol. The molecule has 0 radical (unpaired) electrons. The van der Waals surface area contributed by atoms with E-state index in [0.29, 0.717) is 23.6 Å². The molecule has 1 fully saturated rings. The van der Waals surface area contributed by atoms with E-state index >= 15 is 0 Å². The fourth-order valence-corrected chi connectivity index (χ4v) is 3.45. The lowest BCUT2D eigenvalue weighted by molar-refractivity contribution is 0.0947. The van der Waals surface area contributed by atoms with E-state index in [2.05, 4.69) is 38.1 Å². The number of nitrogens with zero attached hydrogens (tertiary/aromatic N) is 2. The molecule has 5 nitrogen and oxygen atoms in total. The van der Waals surface area contributed by atoms with Crippen LogP contribution in [-0.4, -0.2) is 62.0 Å². The SMILES string of the molecule is CN1CCN(CCCNC(=O)c2ccccc2Oc2cccc(Br)c2)CC1. The Morgan fingerprint density at radius 2 is 1.89 bits per heavy atom. The molecule has 0 aromatic heterocycles. The quantitative estimate of drug-likeness (QED) is 0.680. The first-order chi connectivity index (χ1) is 13.1. The van der Waals surface area contributed by atoms with Gasteiger partial charge in [-0.25, -0.2) is 0 Å². The van der Waals surface area contributed by atoms with Crippen LogP contribution in [-0.2, 0) is 0 Å². The Labute approximate surface area is 169 Å². The first kappa shape index (κ1) is 19.9. The summed E-state index contributed by atoms with van der Waals surface area (Å²) < 4.78 is 6.86. The average molecular weight is 432 g/mol. The summed E-state index contributed by atoms with van der Waals surface area (Å²) in [4.78, 5) is 17.4. The third kappa shape index (κ3) is 6.06. The average Bonchev–Trinajstić information content (AvgIpc) is 2.67. The molecule has 1 aliphatic rings. The van der Waals surface area contributed by atoms with Crippen molar-refractivity contribution < 1.29 is 9.53 Å². The van der Waals surface area contributed by atoms with Crippen molar-refractivity contribution >= 4 is 21.8 Å². The predicted octanol–water partition coefficient (Wildman–Crippen LogP) is 3.61. The van der Waals surface area contributed by atoms with Gasteiger partial charge in [0.15, 0.2) is 0 Å². The van der Waals surface area contributed by atoms with Gasteiger partial charge in [-0.3, -0.25) is 4.79 Å². The third-order valence-corrected chi connectivity index (χ3v) is 5.18. The molecular weight excluding hydrogens is 406 g/mol. The van der Waals surface area contributed by atoms with E-state index in [4.69, 9.17) is 4.74 Å². The van der Waals surface area contributed by atoms with Gasteiger partial charge in [0.1, 0.15) is 11.5 Å². The topological polar surface area (TPSA) is 44.8 Å². The van der Waals surface area contributed by atoms with Crippen LogP contribution in [0, 0.1) is 0 Å². The molecule has 3 rings (SSSR count). The molecule has 27 heavy (non-hydrogen) atoms. The number of ether oxygens (including phenoxy) is 1. The zero-order chi connectivity index (χ0) is 19.1. The number of amides is 1. The number of carbonyl (C=O) groups is 1. The van der Waals surface area contributed by atoms with E-state index in [1.165, 1.54) is 0 Å². The lowest BCUT2D eigenvalue weighted by Crippen LogP contribution is -2.45. The molecule has 0 aliphatic carbocycles. The van der Waals surface area contributed by atoms with E-state index in [0.717, 1.165) is 43.6 Å². The molecule has 0 unspecified atom stereocenters. The number of rotatable bonds is 7. The fourth-order valence-electron chi connectivity index (χ4n) is 3.07. The lowest BCUT2D eigenvalue weighted by Gasteiger charge is -2.32. The minimum absolute atomic E-state index is 0.0982. The first-order valence-electron chi connectivity index (χ1n) is 9.33. The zero-order valence-corrected chi connectivity index (χ0v) is 17.2. The van der Waals surface area contributed by atoms with Crippen LogP contribution in [0.3, 0.4) is 0 Å². The summed E-state index contributed by atoms with van der Waals surface area (Å²) >= 11 is 3.44. The van der Waals surface area contributed by atoms with Gasteiger partial charge in [-0.15, -0.1) is 0 Å². The number of carbonyl (C=O) groups excluding carboxylic acids is 1. The highest BCUT2D eigenvalue weighted by Gasteiger charge is 2.15. The van der Waals surface area contributed by atoms with Gasteiger partial charge in [0.2, 0.25) is 0 Å². The molecule has 144 valence electrons. The molecule has 2 aromatic rings. The number of piperazine rings is 1. The molecule has 0 saturated carbocycles. The Kier molecular flexibility index (Phi) is 7.26. The molecule has 2 aromatic carbocycles. The number of halogens is 1. The Balaban J connectivity index is 1.51. The van der Waals surface area contributed by atoms with Gasteiger partial charge in [-0.1, -0.05) is 34.1 Å². The zero-order valence-electron chi connectivity index (χ0n) is 15.7. The molecular formula is C21H26BrN3O2. The summed E-state index contributed by atoms with van der Waals surface area (Å²) in [6, 6.07) is 14.9. The van der Waals surface area contributed by atoms with Crippen LogP contribution in [0.25, 0.3) is 0 Å². The molecule has 6 heteroatoms. The minimum atomic E-state index is -0.0982. The van der Waals surface area contributed by atoms with Crippen LogP contribution in [0.4, 0.5) is 0 Å². The summed E-state index contributed by atoms with van der Waals surface area (Å²) in [5, 5.41) is 3.02. The maximum absolute atomic E-state index is 12.6. The van der Waals surface area contributed by atoms with E-state index < -0.39 is 0 Å². The summed E-state index contributed by atoms with van der Waals surface area (Å²) in [6.07, 6.45) is 0.949. The summed E-state index contributed by atoms with van der Waals surface area (Å²) in [7, 11) is 2.16. The normalized spacial score (nSPS) is 15.5. The second-order valence-electron chi connectivity index (χ2n) is 6.81. The summed E-state index contributed by atoms with van der Waals surface area (Å²) in [5.41, 5.74) is 0.553. The molecule has 0 spiro atoms. The van der Waals surface area contributed by atoms with Crippen LogP contribution in [0.1, 0.15) is 16.8 Å². The molecule has 1 amide bonds. The fraction of sp³-hybridized carbons (Fsp3) is 0.381. The second-order valence-corrected chi connectivity index (χ2v) is 7.73. The highest BCUT2D eigenvalue weighted by molar-refractivity contribution is 9.10. The van der Waals surface area contributed by atoms with Crippen LogP contribution in [0.15, 0.2) is 53.0 Å². The molecule has 0 bridgehead atoms. The smallest absolute Gasteiger partial charge is 0.255 e. The van der Waals surface area contributed by atoms with Gasteiger partial charge in [0.05, 0.1) is 5.56 Å². The first-order valence-corrected chi connectivity index (χ1v) is 10.1. The van der Waals surface area contributed by atoms with Crippen molar-refractivity contribution in [2.75, 3.05) is 46.3 Å². The van der Waals surface area contributed by atoms with Crippen molar-refractivity contribution in [3.05, 3.63) is 58.6 Å². The van der Waals surface area contributed by atoms with Crippen molar-refractivity contribution in [1.29, 1.82) is 0 Å². The van der Waals surface area contributed by atoms with E-state index in [9.17, 15) is 4.79 Å². The second kappa shape index (κ2) is 9.88. The standard InChI is InChI=1S/C21H26BrN3O2/c1-24-12-14-25(15-13-24)11-5-10-23-21(26)19-8-2-3-9-20(19)27-18-7-4-6-17(22)16-18/h2-4,6-9,16H,5,10-15H2,1H3,(H,23,26). The molecule has 1 N–H and O–H groups in total. The highest BCUT2D eigenvalue weighted by Crippen LogP contribution is 2.27. The molecule has 1 saturated heterocycles. The van der Waals surface area contributed by atoms with Gasteiger partial charge >= 0.3 is 0 Å². The van der Waals surface area contributed by atoms with E-state index in [-0.39, 0.29) is 5.91 Å².